The smallest absolute Gasteiger partial charge is 0.265 e. The number of para-hydroxylation sites is 1. The van der Waals surface area contributed by atoms with Crippen molar-refractivity contribution in [2.75, 3.05) is 11.1 Å². The van der Waals surface area contributed by atoms with Crippen LogP contribution in [0.4, 0.5) is 5.69 Å². The highest BCUT2D eigenvalue weighted by Crippen LogP contribution is 2.52. The van der Waals surface area contributed by atoms with Crippen molar-refractivity contribution in [2.45, 2.75) is 11.4 Å². The van der Waals surface area contributed by atoms with Gasteiger partial charge in [-0.1, -0.05) is 48.5 Å². The molecule has 4 rings (SSSR count). The van der Waals surface area contributed by atoms with Gasteiger partial charge in [-0.25, -0.2) is 0 Å². The molecule has 0 aromatic heterocycles. The van der Waals surface area contributed by atoms with Crippen molar-refractivity contribution >= 4 is 29.3 Å². The van der Waals surface area contributed by atoms with Crippen LogP contribution in [0.3, 0.4) is 0 Å². The number of nitrogens with zero attached hydrogens (tertiary/aromatic N) is 1. The lowest BCUT2D eigenvalue weighted by atomic mass is 10.0. The highest BCUT2D eigenvalue weighted by Gasteiger charge is 2.57. The molecule has 2 heterocycles. The van der Waals surface area contributed by atoms with Gasteiger partial charge in [-0.2, -0.15) is 0 Å². The van der Waals surface area contributed by atoms with E-state index >= 15 is 0 Å². The SMILES string of the molecule is O=C1CSC2(C(=O)Nc3ccccc32)N1Cc1ccccc1. The molecule has 4 nitrogen and oxygen atoms in total. The van der Waals surface area contributed by atoms with E-state index in [9.17, 15) is 9.59 Å². The lowest BCUT2D eigenvalue weighted by molar-refractivity contribution is -0.137. The standard InChI is InChI=1S/C17H14N2O2S/c20-15-11-22-17(19(15)10-12-6-2-1-3-7-12)13-8-4-5-9-14(13)18-16(17)21/h1-9H,10-11H2,(H,18,21). The number of thioether (sulfide) groups is 1. The molecule has 0 aliphatic carbocycles. The Labute approximate surface area is 132 Å². The molecular weight excluding hydrogens is 296 g/mol. The zero-order valence-electron chi connectivity index (χ0n) is 11.8. The maximum atomic E-state index is 12.7. The first-order chi connectivity index (χ1) is 10.7. The van der Waals surface area contributed by atoms with Crippen molar-refractivity contribution in [1.29, 1.82) is 0 Å². The fourth-order valence-corrected chi connectivity index (χ4v) is 4.42. The Balaban J connectivity index is 1.80. The van der Waals surface area contributed by atoms with Crippen molar-refractivity contribution in [3.8, 4) is 0 Å². The second kappa shape index (κ2) is 4.88. The second-order valence-electron chi connectivity index (χ2n) is 5.40. The molecule has 2 aliphatic heterocycles. The highest BCUT2D eigenvalue weighted by molar-refractivity contribution is 8.02. The van der Waals surface area contributed by atoms with Crippen LogP contribution < -0.4 is 5.32 Å². The number of hydrogen-bond acceptors (Lipinski definition) is 3. The van der Waals surface area contributed by atoms with Gasteiger partial charge in [-0.15, -0.1) is 11.8 Å². The van der Waals surface area contributed by atoms with Crippen molar-refractivity contribution in [2.24, 2.45) is 0 Å². The second-order valence-corrected chi connectivity index (χ2v) is 6.57. The minimum absolute atomic E-state index is 0.000654. The first kappa shape index (κ1) is 13.4. The topological polar surface area (TPSA) is 49.4 Å². The largest absolute Gasteiger partial charge is 0.323 e. The van der Waals surface area contributed by atoms with Crippen molar-refractivity contribution in [1.82, 2.24) is 4.90 Å². The minimum atomic E-state index is -0.927. The fraction of sp³-hybridized carbons (Fsp3) is 0.176. The van der Waals surface area contributed by atoms with Crippen molar-refractivity contribution in [3.05, 3.63) is 65.7 Å². The average molecular weight is 310 g/mol. The van der Waals surface area contributed by atoms with Gasteiger partial charge in [0, 0.05) is 17.8 Å². The maximum absolute atomic E-state index is 12.7. The molecule has 2 aliphatic rings. The van der Waals surface area contributed by atoms with Gasteiger partial charge in [0.2, 0.25) is 5.91 Å². The third-order valence-corrected chi connectivity index (χ3v) is 5.55. The van der Waals surface area contributed by atoms with Crippen LogP contribution in [0.5, 0.6) is 0 Å². The van der Waals surface area contributed by atoms with Gasteiger partial charge in [0.25, 0.3) is 5.91 Å². The van der Waals surface area contributed by atoms with Crippen LogP contribution in [-0.2, 0) is 21.0 Å². The zero-order valence-corrected chi connectivity index (χ0v) is 12.6. The lowest BCUT2D eigenvalue weighted by Crippen LogP contribution is -2.46. The van der Waals surface area contributed by atoms with Gasteiger partial charge >= 0.3 is 0 Å². The summed E-state index contributed by atoms with van der Waals surface area (Å²) in [5.41, 5.74) is 2.70. The Morgan fingerprint density at radius 3 is 2.59 bits per heavy atom. The minimum Gasteiger partial charge on any atom is -0.323 e. The molecule has 2 aromatic carbocycles. The predicted octanol–water partition coefficient (Wildman–Crippen LogP) is 2.57. The summed E-state index contributed by atoms with van der Waals surface area (Å²) >= 11 is 1.40. The fourth-order valence-electron chi connectivity index (χ4n) is 3.09. The number of hydrogen-bond donors (Lipinski definition) is 1. The van der Waals surface area contributed by atoms with Crippen LogP contribution in [0, 0.1) is 0 Å². The van der Waals surface area contributed by atoms with E-state index in [1.54, 1.807) is 4.90 Å². The number of benzene rings is 2. The van der Waals surface area contributed by atoms with Gasteiger partial charge in [0.15, 0.2) is 4.87 Å². The number of amides is 2. The Bertz CT molecular complexity index is 762. The Hall–Kier alpha value is -2.27. The number of carbonyl (C=O) groups excluding carboxylic acids is 2. The summed E-state index contributed by atoms with van der Waals surface area (Å²) in [7, 11) is 0. The monoisotopic (exact) mass is 310 g/mol. The van der Waals surface area contributed by atoms with Gasteiger partial charge in [0.1, 0.15) is 0 Å². The third-order valence-electron chi connectivity index (χ3n) is 4.12. The van der Waals surface area contributed by atoms with E-state index in [1.165, 1.54) is 11.8 Å². The molecule has 1 atom stereocenters. The summed E-state index contributed by atoms with van der Waals surface area (Å²) in [4.78, 5) is 25.9. The normalized spacial score (nSPS) is 23.0. The molecule has 2 aromatic rings. The molecule has 0 radical (unpaired) electrons. The summed E-state index contributed by atoms with van der Waals surface area (Å²) in [6, 6.07) is 17.4. The number of rotatable bonds is 2. The quantitative estimate of drug-likeness (QED) is 0.927. The van der Waals surface area contributed by atoms with Crippen molar-refractivity contribution in [3.63, 3.8) is 0 Å². The maximum Gasteiger partial charge on any atom is 0.265 e. The average Bonchev–Trinajstić information content (AvgIpc) is 3.02. The summed E-state index contributed by atoms with van der Waals surface area (Å²) in [6.07, 6.45) is 0. The predicted molar refractivity (Wildman–Crippen MR) is 86.2 cm³/mol. The number of nitrogens with one attached hydrogen (secondary N) is 1. The molecular formula is C17H14N2O2S. The number of fused-ring (bicyclic) bond motifs is 2. The first-order valence-corrected chi connectivity index (χ1v) is 8.10. The van der Waals surface area contributed by atoms with Crippen LogP contribution in [0.1, 0.15) is 11.1 Å². The summed E-state index contributed by atoms with van der Waals surface area (Å²) in [6.45, 7) is 0.439. The van der Waals surface area contributed by atoms with Gasteiger partial charge in [0.05, 0.1) is 5.75 Å². The third kappa shape index (κ3) is 1.78. The molecule has 1 spiro atoms. The van der Waals surface area contributed by atoms with Crippen LogP contribution in [0.25, 0.3) is 0 Å². The number of carbonyl (C=O) groups is 2. The molecule has 0 saturated carbocycles. The van der Waals surface area contributed by atoms with Crippen molar-refractivity contribution < 1.29 is 9.59 Å². The molecule has 2 amide bonds. The summed E-state index contributed by atoms with van der Waals surface area (Å²) in [5.74, 6) is 0.204. The highest BCUT2D eigenvalue weighted by atomic mass is 32.2. The van der Waals surface area contributed by atoms with E-state index < -0.39 is 4.87 Å². The molecule has 1 fully saturated rings. The summed E-state index contributed by atoms with van der Waals surface area (Å²) in [5, 5.41) is 2.91. The summed E-state index contributed by atoms with van der Waals surface area (Å²) < 4.78 is 0. The van der Waals surface area contributed by atoms with Crippen LogP contribution in [0.2, 0.25) is 0 Å². The molecule has 1 saturated heterocycles. The van der Waals surface area contributed by atoms with E-state index in [0.29, 0.717) is 12.3 Å². The molecule has 1 N–H and O–H groups in total. The van der Waals surface area contributed by atoms with E-state index in [0.717, 1.165) is 16.8 Å². The van der Waals surface area contributed by atoms with E-state index in [-0.39, 0.29) is 11.8 Å². The molecule has 1 unspecified atom stereocenters. The van der Waals surface area contributed by atoms with Gasteiger partial charge < -0.3 is 10.2 Å². The zero-order chi connectivity index (χ0) is 15.2. The Morgan fingerprint density at radius 2 is 1.77 bits per heavy atom. The van der Waals surface area contributed by atoms with E-state index in [4.69, 9.17) is 0 Å². The molecule has 5 heteroatoms. The lowest BCUT2D eigenvalue weighted by Gasteiger charge is -2.32. The van der Waals surface area contributed by atoms with E-state index in [1.807, 2.05) is 54.6 Å². The van der Waals surface area contributed by atoms with Crippen LogP contribution >= 0.6 is 11.8 Å². The Morgan fingerprint density at radius 1 is 1.05 bits per heavy atom. The first-order valence-electron chi connectivity index (χ1n) is 7.11. The van der Waals surface area contributed by atoms with Gasteiger partial charge in [-0.3, -0.25) is 9.59 Å². The number of anilines is 1. The van der Waals surface area contributed by atoms with Gasteiger partial charge in [-0.05, 0) is 11.6 Å². The molecule has 110 valence electrons. The molecule has 22 heavy (non-hydrogen) atoms. The van der Waals surface area contributed by atoms with Crippen LogP contribution in [-0.4, -0.2) is 22.5 Å². The van der Waals surface area contributed by atoms with Crippen LogP contribution in [0.15, 0.2) is 54.6 Å². The Kier molecular flexibility index (Phi) is 2.97. The van der Waals surface area contributed by atoms with E-state index in [2.05, 4.69) is 5.32 Å². The molecule has 0 bridgehead atoms.